The number of ether oxygens (including phenoxy) is 1. The van der Waals surface area contributed by atoms with E-state index in [2.05, 4.69) is 27.7 Å². The van der Waals surface area contributed by atoms with Gasteiger partial charge in [-0.05, 0) is 42.5 Å². The largest absolute Gasteiger partial charge is 0.451 e. The molecule has 0 aromatic heterocycles. The first kappa shape index (κ1) is 23.9. The molecule has 1 aromatic carbocycles. The fourth-order valence-electron chi connectivity index (χ4n) is 2.32. The Morgan fingerprint density at radius 1 is 1.12 bits per heavy atom. The van der Waals surface area contributed by atoms with Crippen LogP contribution < -0.4 is 4.74 Å². The second-order valence-electron chi connectivity index (χ2n) is 7.29. The molecule has 1 rings (SSSR count). The first-order chi connectivity index (χ1) is 10.5. The third-order valence-electron chi connectivity index (χ3n) is 3.89. The van der Waals surface area contributed by atoms with Crippen LogP contribution >= 0.6 is 7.14 Å². The molecular weight excluding hydrogens is 396 g/mol. The Balaban J connectivity index is 0.00000529. The van der Waals surface area contributed by atoms with Crippen molar-refractivity contribution in [3.05, 3.63) is 35.2 Å². The quantitative estimate of drug-likeness (QED) is 0.252. The Bertz CT molecular complexity index is 564. The van der Waals surface area contributed by atoms with E-state index in [1.807, 2.05) is 18.2 Å². The van der Waals surface area contributed by atoms with Crippen molar-refractivity contribution in [3.8, 4) is 5.75 Å². The van der Waals surface area contributed by atoms with E-state index in [1.54, 1.807) is 20.3 Å². The topological polar surface area (TPSA) is 43.4 Å². The van der Waals surface area contributed by atoms with Crippen LogP contribution in [0.15, 0.2) is 18.2 Å². The van der Waals surface area contributed by atoms with Crippen LogP contribution in [0, 0.1) is 5.92 Å². The Morgan fingerprint density at radius 2 is 1.58 bits per heavy atom. The summed E-state index contributed by atoms with van der Waals surface area (Å²) in [6.07, 6.45) is 1.06. The summed E-state index contributed by atoms with van der Waals surface area (Å²) < 4.78 is 17.6. The molecule has 133 valence electrons. The number of carbonyl (C=O) groups excluding carboxylic acids is 1. The molecule has 0 saturated carbocycles. The molecular formula is C19H30O3PY-. The van der Waals surface area contributed by atoms with Crippen molar-refractivity contribution in [3.63, 3.8) is 0 Å². The second-order valence-corrected chi connectivity index (χ2v) is 10.9. The van der Waals surface area contributed by atoms with Crippen LogP contribution in [0.4, 0.5) is 0 Å². The third-order valence-corrected chi connectivity index (χ3v) is 5.19. The van der Waals surface area contributed by atoms with Gasteiger partial charge in [0.1, 0.15) is 5.75 Å². The zero-order chi connectivity index (χ0) is 17.8. The summed E-state index contributed by atoms with van der Waals surface area (Å²) in [4.78, 5) is 12.4. The van der Waals surface area contributed by atoms with E-state index in [-0.39, 0.29) is 50.5 Å². The van der Waals surface area contributed by atoms with Crippen LogP contribution in [0.1, 0.15) is 64.0 Å². The smallest absolute Gasteiger partial charge is 0.177 e. The molecule has 3 nitrogen and oxygen atoms in total. The van der Waals surface area contributed by atoms with Gasteiger partial charge in [-0.25, -0.2) is 0 Å². The summed E-state index contributed by atoms with van der Waals surface area (Å²) in [6, 6.07) is 6.05. The van der Waals surface area contributed by atoms with Crippen molar-refractivity contribution in [2.45, 2.75) is 52.9 Å². The van der Waals surface area contributed by atoms with Gasteiger partial charge < -0.3 is 9.30 Å². The van der Waals surface area contributed by atoms with Gasteiger partial charge in [0.15, 0.2) is 5.97 Å². The van der Waals surface area contributed by atoms with Crippen LogP contribution in [0.5, 0.6) is 5.75 Å². The number of para-hydroxylation sites is 1. The monoisotopic (exact) mass is 426 g/mol. The first-order valence-electron chi connectivity index (χ1n) is 8.24. The molecule has 0 N–H and O–H groups in total. The van der Waals surface area contributed by atoms with Crippen LogP contribution in [-0.2, 0) is 42.1 Å². The van der Waals surface area contributed by atoms with Gasteiger partial charge in [0, 0.05) is 32.7 Å². The van der Waals surface area contributed by atoms with E-state index >= 15 is 0 Å². The van der Waals surface area contributed by atoms with Crippen LogP contribution in [0.25, 0.3) is 0 Å². The van der Waals surface area contributed by atoms with Crippen molar-refractivity contribution >= 4 is 13.1 Å². The van der Waals surface area contributed by atoms with Crippen LogP contribution in [0.2, 0.25) is 0 Å². The molecule has 0 heterocycles. The maximum Gasteiger partial charge on any atom is 0.177 e. The minimum absolute atomic E-state index is 0. The van der Waals surface area contributed by atoms with Crippen molar-refractivity contribution in [1.29, 1.82) is 0 Å². The number of hydrogen-bond donors (Lipinski definition) is 0. The number of carbonyl (C=O) groups is 1. The summed E-state index contributed by atoms with van der Waals surface area (Å²) in [5, 5.41) is 0. The van der Waals surface area contributed by atoms with Crippen molar-refractivity contribution in [1.82, 2.24) is 0 Å². The standard InChI is InChI=1S/C19H30O3P.Y/c1-13(2)16-9-8-10-17(14(3)4)18(16)22-19(20)15(5)11-12-23(6,7)21;/h8-10,13-14H,11-12H2,1-7H3;/q-1;. The average Bonchev–Trinajstić information content (AvgIpc) is 2.43. The molecule has 0 atom stereocenters. The molecule has 24 heavy (non-hydrogen) atoms. The molecule has 0 spiro atoms. The zero-order valence-electron chi connectivity index (χ0n) is 16.1. The van der Waals surface area contributed by atoms with Gasteiger partial charge in [0.25, 0.3) is 0 Å². The summed E-state index contributed by atoms with van der Waals surface area (Å²) in [5.74, 6) is 1.57. The van der Waals surface area contributed by atoms with Gasteiger partial charge in [0.05, 0.1) is 7.14 Å². The van der Waals surface area contributed by atoms with E-state index in [0.717, 1.165) is 11.1 Å². The third kappa shape index (κ3) is 7.42. The van der Waals surface area contributed by atoms with E-state index in [9.17, 15) is 9.36 Å². The van der Waals surface area contributed by atoms with Gasteiger partial charge in [-0.1, -0.05) is 45.9 Å². The van der Waals surface area contributed by atoms with Gasteiger partial charge in [-0.15, -0.1) is 6.42 Å². The molecule has 0 aliphatic heterocycles. The predicted octanol–water partition coefficient (Wildman–Crippen LogP) is 5.44. The van der Waals surface area contributed by atoms with E-state index in [0.29, 0.717) is 24.3 Å². The molecule has 5 heteroatoms. The van der Waals surface area contributed by atoms with E-state index < -0.39 is 7.14 Å². The molecule has 0 bridgehead atoms. The predicted molar refractivity (Wildman–Crippen MR) is 98.1 cm³/mol. The van der Waals surface area contributed by atoms with Crippen molar-refractivity contribution in [2.75, 3.05) is 19.5 Å². The van der Waals surface area contributed by atoms with E-state index in [4.69, 9.17) is 4.74 Å². The minimum Gasteiger partial charge on any atom is -0.451 e. The van der Waals surface area contributed by atoms with Crippen molar-refractivity contribution < 1.29 is 46.8 Å². The molecule has 1 aromatic rings. The Kier molecular flexibility index (Phi) is 10.1. The van der Waals surface area contributed by atoms with Gasteiger partial charge in [-0.2, -0.15) is 6.92 Å². The normalized spacial score (nSPS) is 11.4. The number of esters is 1. The number of benzene rings is 1. The summed E-state index contributed by atoms with van der Waals surface area (Å²) >= 11 is 0. The Hall–Kier alpha value is -0.106. The minimum atomic E-state index is -2.12. The Labute approximate surface area is 172 Å². The summed E-state index contributed by atoms with van der Waals surface area (Å²) in [6.45, 7) is 13.6. The number of rotatable bonds is 7. The average molecular weight is 426 g/mol. The van der Waals surface area contributed by atoms with Crippen LogP contribution in [0.3, 0.4) is 0 Å². The van der Waals surface area contributed by atoms with Gasteiger partial charge >= 0.3 is 0 Å². The van der Waals surface area contributed by atoms with Crippen molar-refractivity contribution in [2.24, 2.45) is 0 Å². The van der Waals surface area contributed by atoms with Crippen LogP contribution in [-0.4, -0.2) is 25.5 Å². The maximum absolute atomic E-state index is 12.4. The second kappa shape index (κ2) is 10.1. The molecule has 0 amide bonds. The molecule has 0 aliphatic rings. The fourth-order valence-corrected chi connectivity index (χ4v) is 3.19. The van der Waals surface area contributed by atoms with E-state index in [1.165, 1.54) is 0 Å². The SMILES string of the molecule is C[C-](CCP(C)(C)=O)C(=O)Oc1c(C(C)C)cccc1C(C)C.[Y]. The maximum atomic E-state index is 12.4. The molecule has 0 fully saturated rings. The van der Waals surface area contributed by atoms with Gasteiger partial charge in [-0.3, -0.25) is 10.7 Å². The molecule has 0 saturated heterocycles. The first-order valence-corrected chi connectivity index (χ1v) is 11.0. The van der Waals surface area contributed by atoms with Gasteiger partial charge in [0.2, 0.25) is 0 Å². The zero-order valence-corrected chi connectivity index (χ0v) is 19.8. The number of hydrogen-bond acceptors (Lipinski definition) is 3. The molecule has 1 radical (unpaired) electrons. The fraction of sp³-hybridized carbons (Fsp3) is 0.579. The molecule has 0 unspecified atom stereocenters. The molecule has 0 aliphatic carbocycles. The Morgan fingerprint density at radius 3 is 1.96 bits per heavy atom. The summed E-state index contributed by atoms with van der Waals surface area (Å²) in [5.41, 5.74) is 2.10. The summed E-state index contributed by atoms with van der Waals surface area (Å²) in [7, 11) is -2.12.